The molecule has 1 aromatic heterocycles. The van der Waals surface area contributed by atoms with Gasteiger partial charge in [-0.15, -0.1) is 0 Å². The van der Waals surface area contributed by atoms with Crippen molar-refractivity contribution in [3.8, 4) is 5.75 Å². The number of benzene rings is 4. The highest BCUT2D eigenvalue weighted by Crippen LogP contribution is 2.44. The third kappa shape index (κ3) is 3.01. The van der Waals surface area contributed by atoms with E-state index >= 15 is 0 Å². The SMILES string of the molecule is Oc1ccc2ccccc2c1C1c2[nH]c3ccccc3c2CCN1Cc1ccccc1. The van der Waals surface area contributed by atoms with Gasteiger partial charge in [0, 0.05) is 35.2 Å². The summed E-state index contributed by atoms with van der Waals surface area (Å²) in [4.78, 5) is 6.21. The second kappa shape index (κ2) is 7.29. The van der Waals surface area contributed by atoms with Crippen molar-refractivity contribution in [3.05, 3.63) is 113 Å². The molecule has 2 heterocycles. The third-order valence-corrected chi connectivity index (χ3v) is 6.58. The van der Waals surface area contributed by atoms with Crippen LogP contribution in [0.15, 0.2) is 91.0 Å². The Balaban J connectivity index is 1.59. The highest BCUT2D eigenvalue weighted by Gasteiger charge is 2.34. The summed E-state index contributed by atoms with van der Waals surface area (Å²) in [6.07, 6.45) is 0.994. The highest BCUT2D eigenvalue weighted by molar-refractivity contribution is 5.90. The van der Waals surface area contributed by atoms with Crippen LogP contribution in [0.1, 0.15) is 28.4 Å². The van der Waals surface area contributed by atoms with Crippen LogP contribution in [0, 0.1) is 0 Å². The number of hydrogen-bond acceptors (Lipinski definition) is 2. The molecule has 0 saturated carbocycles. The van der Waals surface area contributed by atoms with Gasteiger partial charge in [-0.05, 0) is 40.5 Å². The number of hydrogen-bond donors (Lipinski definition) is 2. The van der Waals surface area contributed by atoms with E-state index in [1.807, 2.05) is 12.1 Å². The second-order valence-corrected chi connectivity index (χ2v) is 8.39. The Morgan fingerprint density at radius 3 is 2.42 bits per heavy atom. The molecular weight excluding hydrogens is 380 g/mol. The van der Waals surface area contributed by atoms with Crippen molar-refractivity contribution in [2.75, 3.05) is 6.54 Å². The summed E-state index contributed by atoms with van der Waals surface area (Å²) in [6.45, 7) is 1.78. The smallest absolute Gasteiger partial charge is 0.121 e. The van der Waals surface area contributed by atoms with Crippen molar-refractivity contribution < 1.29 is 5.11 Å². The first-order valence-electron chi connectivity index (χ1n) is 10.9. The van der Waals surface area contributed by atoms with Crippen LogP contribution in [0.2, 0.25) is 0 Å². The molecule has 1 aliphatic rings. The lowest BCUT2D eigenvalue weighted by Crippen LogP contribution is -2.35. The van der Waals surface area contributed by atoms with Crippen LogP contribution in [0.5, 0.6) is 5.75 Å². The number of phenols is 1. The molecule has 0 radical (unpaired) electrons. The molecule has 1 aliphatic heterocycles. The van der Waals surface area contributed by atoms with Gasteiger partial charge in [0.05, 0.1) is 6.04 Å². The Bertz CT molecular complexity index is 1390. The van der Waals surface area contributed by atoms with Gasteiger partial charge in [0.15, 0.2) is 0 Å². The highest BCUT2D eigenvalue weighted by atomic mass is 16.3. The van der Waals surface area contributed by atoms with Crippen molar-refractivity contribution in [1.29, 1.82) is 0 Å². The average molecular weight is 405 g/mol. The van der Waals surface area contributed by atoms with Gasteiger partial charge in [-0.2, -0.15) is 0 Å². The third-order valence-electron chi connectivity index (χ3n) is 6.58. The molecule has 1 unspecified atom stereocenters. The lowest BCUT2D eigenvalue weighted by atomic mass is 9.88. The fraction of sp³-hybridized carbons (Fsp3) is 0.143. The maximum atomic E-state index is 11.1. The van der Waals surface area contributed by atoms with E-state index in [1.165, 1.54) is 27.7 Å². The van der Waals surface area contributed by atoms with E-state index in [2.05, 4.69) is 88.7 Å². The lowest BCUT2D eigenvalue weighted by molar-refractivity contribution is 0.200. The van der Waals surface area contributed by atoms with Crippen LogP contribution in [0.25, 0.3) is 21.7 Å². The van der Waals surface area contributed by atoms with Crippen molar-refractivity contribution >= 4 is 21.7 Å². The number of nitrogens with zero attached hydrogens (tertiary/aromatic N) is 1. The summed E-state index contributed by atoms with van der Waals surface area (Å²) < 4.78 is 0. The van der Waals surface area contributed by atoms with Gasteiger partial charge >= 0.3 is 0 Å². The first kappa shape index (κ1) is 18.2. The fourth-order valence-corrected chi connectivity index (χ4v) is 5.18. The van der Waals surface area contributed by atoms with E-state index in [0.29, 0.717) is 5.75 Å². The number of aromatic nitrogens is 1. The van der Waals surface area contributed by atoms with Crippen LogP contribution < -0.4 is 0 Å². The van der Waals surface area contributed by atoms with Crippen molar-refractivity contribution in [3.63, 3.8) is 0 Å². The minimum atomic E-state index is -0.0394. The van der Waals surface area contributed by atoms with Gasteiger partial charge in [-0.1, -0.05) is 78.9 Å². The Kier molecular flexibility index (Phi) is 4.29. The largest absolute Gasteiger partial charge is 0.508 e. The maximum Gasteiger partial charge on any atom is 0.121 e. The average Bonchev–Trinajstić information content (AvgIpc) is 3.19. The van der Waals surface area contributed by atoms with Gasteiger partial charge in [0.2, 0.25) is 0 Å². The topological polar surface area (TPSA) is 39.3 Å². The van der Waals surface area contributed by atoms with Crippen LogP contribution in [0.3, 0.4) is 0 Å². The molecule has 0 bridgehead atoms. The normalized spacial score (nSPS) is 16.6. The molecule has 6 rings (SSSR count). The van der Waals surface area contributed by atoms with E-state index in [4.69, 9.17) is 0 Å². The van der Waals surface area contributed by atoms with Gasteiger partial charge < -0.3 is 10.1 Å². The number of fused-ring (bicyclic) bond motifs is 4. The molecule has 152 valence electrons. The summed E-state index contributed by atoms with van der Waals surface area (Å²) in [5.74, 6) is 0.355. The van der Waals surface area contributed by atoms with Crippen molar-refractivity contribution in [1.82, 2.24) is 9.88 Å². The quantitative estimate of drug-likeness (QED) is 0.377. The first-order chi connectivity index (χ1) is 15.3. The molecular formula is C28H24N2O. The molecule has 0 amide bonds. The number of rotatable bonds is 3. The molecule has 0 aliphatic carbocycles. The Morgan fingerprint density at radius 1 is 0.806 bits per heavy atom. The zero-order valence-corrected chi connectivity index (χ0v) is 17.3. The Morgan fingerprint density at radius 2 is 1.55 bits per heavy atom. The minimum Gasteiger partial charge on any atom is -0.508 e. The molecule has 4 aromatic carbocycles. The van der Waals surface area contributed by atoms with Crippen LogP contribution >= 0.6 is 0 Å². The standard InChI is InChI=1S/C28H24N2O/c31-25-15-14-20-10-4-5-11-21(20)26(25)28-27-23(22-12-6-7-13-24(22)29-27)16-17-30(28)18-19-8-2-1-3-9-19/h1-15,28-29,31H,16-18H2. The maximum absolute atomic E-state index is 11.1. The summed E-state index contributed by atoms with van der Waals surface area (Å²) in [6, 6.07) is 31.3. The Labute approximate surface area is 181 Å². The zero-order valence-electron chi connectivity index (χ0n) is 17.3. The lowest BCUT2D eigenvalue weighted by Gasteiger charge is -2.37. The second-order valence-electron chi connectivity index (χ2n) is 8.39. The van der Waals surface area contributed by atoms with E-state index in [9.17, 15) is 5.11 Å². The van der Waals surface area contributed by atoms with E-state index in [0.717, 1.165) is 35.8 Å². The predicted octanol–water partition coefficient (Wildman–Crippen LogP) is 6.17. The number of para-hydroxylation sites is 1. The zero-order chi connectivity index (χ0) is 20.8. The number of aromatic hydroxyl groups is 1. The van der Waals surface area contributed by atoms with Gasteiger partial charge in [0.1, 0.15) is 5.75 Å². The number of nitrogens with one attached hydrogen (secondary N) is 1. The number of aromatic amines is 1. The molecule has 1 atom stereocenters. The van der Waals surface area contributed by atoms with Crippen molar-refractivity contribution in [2.45, 2.75) is 19.0 Å². The van der Waals surface area contributed by atoms with Gasteiger partial charge in [-0.25, -0.2) is 0 Å². The monoisotopic (exact) mass is 404 g/mol. The summed E-state index contributed by atoms with van der Waals surface area (Å²) in [7, 11) is 0. The van der Waals surface area contributed by atoms with E-state index in [-0.39, 0.29) is 6.04 Å². The van der Waals surface area contributed by atoms with Crippen LogP contribution in [-0.4, -0.2) is 21.5 Å². The molecule has 2 N–H and O–H groups in total. The van der Waals surface area contributed by atoms with E-state index < -0.39 is 0 Å². The molecule has 31 heavy (non-hydrogen) atoms. The van der Waals surface area contributed by atoms with Crippen LogP contribution in [-0.2, 0) is 13.0 Å². The minimum absolute atomic E-state index is 0.0394. The van der Waals surface area contributed by atoms with E-state index in [1.54, 1.807) is 0 Å². The molecule has 0 spiro atoms. The first-order valence-corrected chi connectivity index (χ1v) is 10.9. The molecule has 0 saturated heterocycles. The fourth-order valence-electron chi connectivity index (χ4n) is 5.18. The van der Waals surface area contributed by atoms with Crippen LogP contribution in [0.4, 0.5) is 0 Å². The molecule has 3 nitrogen and oxygen atoms in total. The number of phenolic OH excluding ortho intramolecular Hbond substituents is 1. The molecule has 3 heteroatoms. The van der Waals surface area contributed by atoms with Crippen molar-refractivity contribution in [2.24, 2.45) is 0 Å². The number of H-pyrrole nitrogens is 1. The molecule has 0 fully saturated rings. The van der Waals surface area contributed by atoms with Gasteiger partial charge in [-0.3, -0.25) is 4.90 Å². The summed E-state index contributed by atoms with van der Waals surface area (Å²) in [5.41, 5.74) is 6.01. The predicted molar refractivity (Wildman–Crippen MR) is 126 cm³/mol. The van der Waals surface area contributed by atoms with Gasteiger partial charge in [0.25, 0.3) is 0 Å². The Hall–Kier alpha value is -3.56. The summed E-state index contributed by atoms with van der Waals surface area (Å²) >= 11 is 0. The molecule has 5 aromatic rings. The summed E-state index contributed by atoms with van der Waals surface area (Å²) in [5, 5.41) is 14.7.